The molecule has 1 aromatic carbocycles. The fourth-order valence-corrected chi connectivity index (χ4v) is 6.71. The molecule has 3 aliphatic rings. The highest BCUT2D eigenvalue weighted by atomic mass is 32.2. The highest BCUT2D eigenvalue weighted by Gasteiger charge is 2.45. The monoisotopic (exact) mass is 549 g/mol. The van der Waals surface area contributed by atoms with Crippen molar-refractivity contribution >= 4 is 21.8 Å². The number of nitrogens with one attached hydrogen (secondary N) is 1. The highest BCUT2D eigenvalue weighted by Crippen LogP contribution is 2.37. The van der Waals surface area contributed by atoms with Crippen LogP contribution in [0.3, 0.4) is 0 Å². The zero-order chi connectivity index (χ0) is 27.7. The van der Waals surface area contributed by atoms with Crippen molar-refractivity contribution in [2.45, 2.75) is 60.1 Å². The van der Waals surface area contributed by atoms with Crippen molar-refractivity contribution in [1.29, 1.82) is 5.26 Å². The number of nitrogens with zero attached hydrogens (tertiary/aromatic N) is 4. The maximum atomic E-state index is 13.4. The number of amides is 2. The molecule has 3 fully saturated rings. The fourth-order valence-electron chi connectivity index (χ4n) is 4.84. The molecule has 1 saturated heterocycles. The topological polar surface area (TPSA) is 145 Å². The number of aromatic nitrogens is 2. The Hall–Kier alpha value is -3.53. The minimum absolute atomic E-state index is 0.0346. The van der Waals surface area contributed by atoms with E-state index in [-0.39, 0.29) is 30.2 Å². The van der Waals surface area contributed by atoms with E-state index in [9.17, 15) is 26.8 Å². The predicted octanol–water partition coefficient (Wildman–Crippen LogP) is 3.21. The number of halogens is 2. The highest BCUT2D eigenvalue weighted by molar-refractivity contribution is 7.92. The number of carbonyl (C=O) groups excluding carboxylic acids is 1. The van der Waals surface area contributed by atoms with Gasteiger partial charge in [0.15, 0.2) is 9.84 Å². The van der Waals surface area contributed by atoms with Gasteiger partial charge in [0.25, 0.3) is 5.92 Å². The summed E-state index contributed by atoms with van der Waals surface area (Å²) in [6.07, 6.45) is 4.28. The lowest BCUT2D eigenvalue weighted by Gasteiger charge is -2.20. The van der Waals surface area contributed by atoms with Crippen LogP contribution in [0.25, 0.3) is 11.1 Å². The molecule has 2 aliphatic carbocycles. The van der Waals surface area contributed by atoms with Gasteiger partial charge in [0, 0.05) is 37.7 Å². The van der Waals surface area contributed by atoms with Crippen LogP contribution in [0, 0.1) is 17.2 Å². The Bertz CT molecular complexity index is 1370. The van der Waals surface area contributed by atoms with E-state index in [4.69, 9.17) is 10.4 Å². The zero-order valence-corrected chi connectivity index (χ0v) is 21.6. The van der Waals surface area contributed by atoms with Crippen LogP contribution in [0.15, 0.2) is 41.6 Å². The van der Waals surface area contributed by atoms with Crippen molar-refractivity contribution in [3.05, 3.63) is 36.7 Å². The first-order chi connectivity index (χ1) is 17.8. The van der Waals surface area contributed by atoms with Gasteiger partial charge in [-0.25, -0.2) is 22.0 Å². The lowest BCUT2D eigenvalue weighted by molar-refractivity contribution is -0.135. The molecule has 10 nitrogen and oxygen atoms in total. The van der Waals surface area contributed by atoms with Crippen molar-refractivity contribution in [3.63, 3.8) is 0 Å². The molecule has 0 unspecified atom stereocenters. The summed E-state index contributed by atoms with van der Waals surface area (Å²) in [5, 5.41) is 22.1. The Kier molecular flexibility index (Phi) is 7.47. The predicted molar refractivity (Wildman–Crippen MR) is 132 cm³/mol. The molecular formula is C25H29F2N5O5S. The third kappa shape index (κ3) is 6.12. The Balaban J connectivity index is 0.000000317. The van der Waals surface area contributed by atoms with Gasteiger partial charge in [-0.05, 0) is 49.8 Å². The van der Waals surface area contributed by atoms with Crippen molar-refractivity contribution in [1.82, 2.24) is 20.0 Å². The number of likely N-dealkylation sites (tertiary alicyclic amines) is 1. The van der Waals surface area contributed by atoms with Gasteiger partial charge in [-0.1, -0.05) is 12.1 Å². The third-order valence-corrected chi connectivity index (χ3v) is 9.38. The molecule has 2 N–H and O–H groups in total. The summed E-state index contributed by atoms with van der Waals surface area (Å²) in [5.41, 5.74) is 0.842. The average molecular weight is 550 g/mol. The van der Waals surface area contributed by atoms with E-state index in [0.29, 0.717) is 25.7 Å². The SMILES string of the molecule is Cn1cc(-c2cccc(S(=O)(=O)[C@@H]3CC[C@@H](C(=O)N4CCC(F)(F)C4)C3)c2)cn1.N#CC1(NC(=O)O)CC1. The van der Waals surface area contributed by atoms with Crippen LogP contribution < -0.4 is 5.32 Å². The van der Waals surface area contributed by atoms with Crippen molar-refractivity contribution in [2.75, 3.05) is 13.1 Å². The summed E-state index contributed by atoms with van der Waals surface area (Å²) in [7, 11) is -1.83. The van der Waals surface area contributed by atoms with Crippen LogP contribution in [0.4, 0.5) is 13.6 Å². The minimum Gasteiger partial charge on any atom is -0.465 e. The van der Waals surface area contributed by atoms with Gasteiger partial charge >= 0.3 is 6.09 Å². The number of hydrogen-bond donors (Lipinski definition) is 2. The van der Waals surface area contributed by atoms with Crippen LogP contribution in [0.1, 0.15) is 38.5 Å². The number of sulfone groups is 1. The van der Waals surface area contributed by atoms with Gasteiger partial charge < -0.3 is 15.3 Å². The summed E-state index contributed by atoms with van der Waals surface area (Å²) in [6.45, 7) is -0.528. The molecule has 2 amide bonds. The number of nitriles is 1. The fraction of sp³-hybridized carbons (Fsp3) is 0.520. The van der Waals surface area contributed by atoms with Crippen molar-refractivity contribution in [3.8, 4) is 17.2 Å². The Morgan fingerprint density at radius 1 is 1.21 bits per heavy atom. The first-order valence-corrected chi connectivity index (χ1v) is 13.8. The number of hydrogen-bond acceptors (Lipinski definition) is 6. The number of alkyl halides is 2. The minimum atomic E-state index is -3.62. The zero-order valence-electron chi connectivity index (χ0n) is 20.8. The molecule has 13 heteroatoms. The summed E-state index contributed by atoms with van der Waals surface area (Å²) in [5.74, 6) is -3.69. The molecule has 0 spiro atoms. The number of benzene rings is 1. The normalized spacial score (nSPS) is 23.2. The van der Waals surface area contributed by atoms with Gasteiger partial charge in [0.2, 0.25) is 5.91 Å². The Labute approximate surface area is 219 Å². The van der Waals surface area contributed by atoms with E-state index in [1.165, 1.54) is 4.90 Å². The molecule has 2 heterocycles. The molecule has 1 aliphatic heterocycles. The van der Waals surface area contributed by atoms with Gasteiger partial charge in [-0.3, -0.25) is 9.48 Å². The average Bonchev–Trinajstić information content (AvgIpc) is 3.22. The van der Waals surface area contributed by atoms with E-state index < -0.39 is 45.1 Å². The molecule has 38 heavy (non-hydrogen) atoms. The Morgan fingerprint density at radius 2 is 1.95 bits per heavy atom. The largest absolute Gasteiger partial charge is 0.465 e. The first-order valence-electron chi connectivity index (χ1n) is 12.3. The molecule has 2 atom stereocenters. The molecule has 0 bridgehead atoms. The molecule has 2 aromatic rings. The maximum absolute atomic E-state index is 13.4. The van der Waals surface area contributed by atoms with Crippen LogP contribution >= 0.6 is 0 Å². The van der Waals surface area contributed by atoms with E-state index in [1.54, 1.807) is 36.1 Å². The number of aryl methyl sites for hydroxylation is 1. The first kappa shape index (κ1) is 27.5. The Morgan fingerprint density at radius 3 is 2.47 bits per heavy atom. The molecular weight excluding hydrogens is 520 g/mol. The second kappa shape index (κ2) is 10.3. The second-order valence-electron chi connectivity index (χ2n) is 10.1. The maximum Gasteiger partial charge on any atom is 0.405 e. The quantitative estimate of drug-likeness (QED) is 0.582. The van der Waals surface area contributed by atoms with Crippen molar-refractivity contribution in [2.24, 2.45) is 13.0 Å². The summed E-state index contributed by atoms with van der Waals surface area (Å²) in [4.78, 5) is 23.9. The van der Waals surface area contributed by atoms with E-state index in [1.807, 2.05) is 18.3 Å². The molecule has 1 aromatic heterocycles. The van der Waals surface area contributed by atoms with E-state index >= 15 is 0 Å². The number of carboxylic acid groups (broad SMARTS) is 1. The van der Waals surface area contributed by atoms with Gasteiger partial charge in [-0.2, -0.15) is 10.4 Å². The summed E-state index contributed by atoms with van der Waals surface area (Å²) >= 11 is 0. The van der Waals surface area contributed by atoms with Crippen LogP contribution in [0.2, 0.25) is 0 Å². The molecule has 204 valence electrons. The summed E-state index contributed by atoms with van der Waals surface area (Å²) < 4.78 is 54.8. The van der Waals surface area contributed by atoms with E-state index in [0.717, 1.165) is 11.1 Å². The van der Waals surface area contributed by atoms with Crippen LogP contribution in [0.5, 0.6) is 0 Å². The van der Waals surface area contributed by atoms with Gasteiger partial charge in [0.1, 0.15) is 5.54 Å². The number of rotatable bonds is 5. The summed E-state index contributed by atoms with van der Waals surface area (Å²) in [6, 6.07) is 8.60. The molecule has 2 saturated carbocycles. The van der Waals surface area contributed by atoms with Crippen LogP contribution in [-0.4, -0.2) is 70.0 Å². The lowest BCUT2D eigenvalue weighted by Crippen LogP contribution is -2.35. The standard InChI is InChI=1S/C20H23F2N3O3S.C5H6N2O2/c1-24-12-16(11-23-24)14-3-2-4-17(9-14)29(27,28)18-6-5-15(10-18)19(26)25-8-7-20(21,22)13-25;6-3-5(1-2-5)7-4(8)9/h2-4,9,11-12,15,18H,5-8,10,13H2,1H3;7H,1-2H2,(H,8,9)/t15-,18-;/m1./s1. The van der Waals surface area contributed by atoms with Crippen molar-refractivity contribution < 1.29 is 31.9 Å². The second-order valence-corrected chi connectivity index (χ2v) is 12.3. The molecule has 5 rings (SSSR count). The molecule has 0 radical (unpaired) electrons. The van der Waals surface area contributed by atoms with E-state index in [2.05, 4.69) is 10.4 Å². The smallest absolute Gasteiger partial charge is 0.405 e. The van der Waals surface area contributed by atoms with Gasteiger partial charge in [0.05, 0.1) is 29.0 Å². The lowest BCUT2D eigenvalue weighted by atomic mass is 10.1. The third-order valence-electron chi connectivity index (χ3n) is 7.16. The van der Waals surface area contributed by atoms with Crippen LogP contribution in [-0.2, 0) is 21.7 Å². The number of carbonyl (C=O) groups is 2. The van der Waals surface area contributed by atoms with Gasteiger partial charge in [-0.15, -0.1) is 0 Å².